The molecule has 29 heavy (non-hydrogen) atoms. The molecule has 156 valence electrons. The molecule has 0 amide bonds. The molecule has 0 aromatic heterocycles. The molecule has 4 rings (SSSR count). The summed E-state index contributed by atoms with van der Waals surface area (Å²) in [6, 6.07) is 13.1. The quantitative estimate of drug-likeness (QED) is 0.766. The molecule has 0 aliphatic carbocycles. The highest BCUT2D eigenvalue weighted by molar-refractivity contribution is 6.30. The van der Waals surface area contributed by atoms with Crippen molar-refractivity contribution in [2.45, 2.75) is 44.0 Å². The minimum absolute atomic E-state index is 0.346. The molecule has 2 aromatic carbocycles. The average Bonchev–Trinajstić information content (AvgIpc) is 2.71. The van der Waals surface area contributed by atoms with Gasteiger partial charge >= 0.3 is 0 Å². The van der Waals surface area contributed by atoms with E-state index in [2.05, 4.69) is 4.90 Å². The van der Waals surface area contributed by atoms with Crippen LogP contribution in [-0.4, -0.2) is 47.0 Å². The highest BCUT2D eigenvalue weighted by Gasteiger charge is 2.43. The van der Waals surface area contributed by atoms with Crippen molar-refractivity contribution >= 4 is 11.6 Å². The lowest BCUT2D eigenvalue weighted by Gasteiger charge is -2.46. The highest BCUT2D eigenvalue weighted by atomic mass is 35.5. The van der Waals surface area contributed by atoms with Crippen LogP contribution in [0.15, 0.2) is 42.5 Å². The van der Waals surface area contributed by atoms with E-state index in [1.54, 1.807) is 12.1 Å². The molecule has 1 spiro atoms. The van der Waals surface area contributed by atoms with E-state index in [0.717, 1.165) is 48.6 Å². The van der Waals surface area contributed by atoms with Crippen LogP contribution < -0.4 is 9.47 Å². The van der Waals surface area contributed by atoms with Crippen molar-refractivity contribution in [3.63, 3.8) is 0 Å². The normalized spacial score (nSPS) is 22.0. The highest BCUT2D eigenvalue weighted by Crippen LogP contribution is 2.45. The smallest absolute Gasteiger partial charge is 0.126 e. The first-order valence-electron chi connectivity index (χ1n) is 10.3. The fraction of sp³-hybridized carbons (Fsp3) is 0.478. The first-order chi connectivity index (χ1) is 14.0. The fourth-order valence-corrected chi connectivity index (χ4v) is 4.54. The largest absolute Gasteiger partial charge is 0.494 e. The number of aliphatic hydroxyl groups excluding tert-OH is 2. The lowest BCUT2D eigenvalue weighted by Crippen LogP contribution is -2.51. The number of ether oxygens (including phenoxy) is 2. The van der Waals surface area contributed by atoms with Crippen molar-refractivity contribution in [1.82, 2.24) is 4.90 Å². The van der Waals surface area contributed by atoms with Gasteiger partial charge in [-0.25, -0.2) is 0 Å². The number of aliphatic hydroxyl groups is 2. The molecule has 0 bridgehead atoms. The van der Waals surface area contributed by atoms with Crippen molar-refractivity contribution in [1.29, 1.82) is 0 Å². The van der Waals surface area contributed by atoms with E-state index in [-0.39, 0.29) is 5.60 Å². The van der Waals surface area contributed by atoms with E-state index >= 15 is 0 Å². The fourth-order valence-electron chi connectivity index (χ4n) is 4.36. The van der Waals surface area contributed by atoms with Crippen LogP contribution in [0.4, 0.5) is 0 Å². The Hall–Kier alpha value is -1.79. The monoisotopic (exact) mass is 417 g/mol. The van der Waals surface area contributed by atoms with E-state index in [4.69, 9.17) is 21.1 Å². The number of hydrogen-bond acceptors (Lipinski definition) is 5. The average molecular weight is 418 g/mol. The molecular formula is C23H28ClNO4. The number of fused-ring (bicyclic) bond motifs is 1. The molecule has 0 saturated carbocycles. The van der Waals surface area contributed by atoms with Crippen molar-refractivity contribution in [3.8, 4) is 11.5 Å². The van der Waals surface area contributed by atoms with Gasteiger partial charge in [-0.15, -0.1) is 0 Å². The number of piperidine rings is 1. The molecule has 2 unspecified atom stereocenters. The molecule has 2 aromatic rings. The number of β-amino-alcohol motifs (C(OH)–C–C–N with tert-alkyl or cyclic N) is 1. The van der Waals surface area contributed by atoms with Crippen LogP contribution in [0.25, 0.3) is 0 Å². The van der Waals surface area contributed by atoms with Crippen molar-refractivity contribution < 1.29 is 19.7 Å². The molecule has 1 saturated heterocycles. The lowest BCUT2D eigenvalue weighted by atomic mass is 9.81. The summed E-state index contributed by atoms with van der Waals surface area (Å²) in [5.74, 6) is 1.55. The van der Waals surface area contributed by atoms with Gasteiger partial charge in [-0.1, -0.05) is 23.7 Å². The third-order valence-electron chi connectivity index (χ3n) is 6.00. The maximum atomic E-state index is 10.6. The Morgan fingerprint density at radius 2 is 1.93 bits per heavy atom. The Bertz CT molecular complexity index is 833. The third-order valence-corrected chi connectivity index (χ3v) is 6.23. The van der Waals surface area contributed by atoms with E-state index < -0.39 is 12.2 Å². The summed E-state index contributed by atoms with van der Waals surface area (Å²) in [5, 5.41) is 21.9. The molecule has 2 N–H and O–H groups in total. The predicted molar refractivity (Wildman–Crippen MR) is 113 cm³/mol. The Balaban J connectivity index is 1.35. The minimum Gasteiger partial charge on any atom is -0.494 e. The summed E-state index contributed by atoms with van der Waals surface area (Å²) in [7, 11) is 0. The molecule has 2 aliphatic heterocycles. The van der Waals surface area contributed by atoms with Crippen LogP contribution in [0.3, 0.4) is 0 Å². The van der Waals surface area contributed by atoms with Crippen LogP contribution >= 0.6 is 11.6 Å². The van der Waals surface area contributed by atoms with E-state index in [1.807, 2.05) is 37.3 Å². The summed E-state index contributed by atoms with van der Waals surface area (Å²) in [6.45, 7) is 4.81. The molecule has 1 fully saturated rings. The lowest BCUT2D eigenvalue weighted by molar-refractivity contribution is -0.0587. The number of hydrogen-bond donors (Lipinski definition) is 2. The second-order valence-electron chi connectivity index (χ2n) is 8.01. The predicted octanol–water partition coefficient (Wildman–Crippen LogP) is 4.12. The van der Waals surface area contributed by atoms with Crippen LogP contribution in [0.5, 0.6) is 11.5 Å². The van der Waals surface area contributed by atoms with Gasteiger partial charge in [0.1, 0.15) is 17.1 Å². The number of rotatable bonds is 5. The molecule has 0 radical (unpaired) electrons. The zero-order valence-corrected chi connectivity index (χ0v) is 17.4. The molecule has 5 nitrogen and oxygen atoms in total. The van der Waals surface area contributed by atoms with Gasteiger partial charge in [0.15, 0.2) is 0 Å². The van der Waals surface area contributed by atoms with Gasteiger partial charge in [-0.2, -0.15) is 0 Å². The topological polar surface area (TPSA) is 62.2 Å². The molecule has 2 atom stereocenters. The van der Waals surface area contributed by atoms with Gasteiger partial charge in [0.25, 0.3) is 0 Å². The van der Waals surface area contributed by atoms with Crippen molar-refractivity contribution in [2.75, 3.05) is 26.2 Å². The standard InChI is InChI=1S/C23H28ClNO4/c1-2-28-18-6-3-16(4-7-18)21(27)15-25-11-9-23(10-12-25)14-20(26)19-13-17(24)5-8-22(19)29-23/h3-8,13,20-21,26-27H,2,9-12,14-15H2,1H3. The Morgan fingerprint density at radius 3 is 2.62 bits per heavy atom. The van der Waals surface area contributed by atoms with Gasteiger partial charge in [-0.05, 0) is 55.7 Å². The van der Waals surface area contributed by atoms with Gasteiger partial charge in [0, 0.05) is 36.6 Å². The number of benzene rings is 2. The number of nitrogens with zero attached hydrogens (tertiary/aromatic N) is 1. The first kappa shape index (κ1) is 20.5. The molecule has 2 heterocycles. The van der Waals surface area contributed by atoms with Gasteiger partial charge in [0.05, 0.1) is 18.8 Å². The summed E-state index contributed by atoms with van der Waals surface area (Å²) < 4.78 is 11.8. The van der Waals surface area contributed by atoms with E-state index in [1.165, 1.54) is 0 Å². The molecular weight excluding hydrogens is 390 g/mol. The number of halogens is 1. The Labute approximate surface area is 176 Å². The zero-order valence-electron chi connectivity index (χ0n) is 16.7. The second kappa shape index (κ2) is 8.52. The van der Waals surface area contributed by atoms with E-state index in [0.29, 0.717) is 24.6 Å². The maximum Gasteiger partial charge on any atom is 0.126 e. The Kier molecular flexibility index (Phi) is 6.02. The van der Waals surface area contributed by atoms with Crippen LogP contribution in [0.1, 0.15) is 49.5 Å². The van der Waals surface area contributed by atoms with Crippen LogP contribution in [0, 0.1) is 0 Å². The molecule has 6 heteroatoms. The van der Waals surface area contributed by atoms with Crippen molar-refractivity contribution in [3.05, 3.63) is 58.6 Å². The maximum absolute atomic E-state index is 10.6. The zero-order chi connectivity index (χ0) is 20.4. The first-order valence-corrected chi connectivity index (χ1v) is 10.7. The summed E-state index contributed by atoms with van der Waals surface area (Å²) in [4.78, 5) is 2.26. The minimum atomic E-state index is -0.557. The number of likely N-dealkylation sites (tertiary alicyclic amines) is 1. The van der Waals surface area contributed by atoms with Crippen molar-refractivity contribution in [2.24, 2.45) is 0 Å². The second-order valence-corrected chi connectivity index (χ2v) is 8.44. The van der Waals surface area contributed by atoms with Crippen LogP contribution in [0.2, 0.25) is 5.02 Å². The summed E-state index contributed by atoms with van der Waals surface area (Å²) >= 11 is 6.06. The van der Waals surface area contributed by atoms with Gasteiger partial charge in [0.2, 0.25) is 0 Å². The van der Waals surface area contributed by atoms with Gasteiger partial charge in [-0.3, -0.25) is 0 Å². The van der Waals surface area contributed by atoms with E-state index in [9.17, 15) is 10.2 Å². The SMILES string of the molecule is CCOc1ccc(C(O)CN2CCC3(CC2)CC(O)c2cc(Cl)ccc2O3)cc1. The Morgan fingerprint density at radius 1 is 1.21 bits per heavy atom. The van der Waals surface area contributed by atoms with Crippen LogP contribution in [-0.2, 0) is 0 Å². The third kappa shape index (κ3) is 4.53. The summed E-state index contributed by atoms with van der Waals surface area (Å²) in [6.07, 6.45) is 1.12. The summed E-state index contributed by atoms with van der Waals surface area (Å²) in [5.41, 5.74) is 1.32. The molecule has 2 aliphatic rings. The van der Waals surface area contributed by atoms with Gasteiger partial charge < -0.3 is 24.6 Å².